The van der Waals surface area contributed by atoms with Gasteiger partial charge in [0.25, 0.3) is 5.56 Å². The number of esters is 1. The molecule has 5 aromatic rings. The molecule has 0 amide bonds. The Morgan fingerprint density at radius 2 is 1.53 bits per heavy atom. The number of para-hydroxylation sites is 1. The number of methoxy groups -OCH3 is 4. The number of hydrogen-bond acceptors (Lipinski definition) is 9. The van der Waals surface area contributed by atoms with Gasteiger partial charge in [0.05, 0.1) is 51.1 Å². The lowest BCUT2D eigenvalue weighted by Crippen LogP contribution is -2.20. The van der Waals surface area contributed by atoms with Gasteiger partial charge in [0.1, 0.15) is 11.5 Å². The lowest BCUT2D eigenvalue weighted by molar-refractivity contribution is 0.0734. The molecule has 4 aromatic carbocycles. The normalized spacial score (nSPS) is 11.0. The van der Waals surface area contributed by atoms with Crippen LogP contribution >= 0.6 is 15.9 Å². The van der Waals surface area contributed by atoms with Crippen LogP contribution in [-0.4, -0.2) is 50.3 Å². The van der Waals surface area contributed by atoms with Crippen LogP contribution in [0.3, 0.4) is 0 Å². The average molecular weight is 644 g/mol. The summed E-state index contributed by atoms with van der Waals surface area (Å²) >= 11 is 3.46. The third-order valence-electron chi connectivity index (χ3n) is 6.49. The largest absolute Gasteiger partial charge is 0.497 e. The van der Waals surface area contributed by atoms with Crippen LogP contribution in [0.25, 0.3) is 22.3 Å². The number of benzene rings is 4. The van der Waals surface area contributed by atoms with E-state index in [4.69, 9.17) is 28.7 Å². The second kappa shape index (κ2) is 12.8. The standard InChI is InChI=1S/C32H26BrN3O7/c1-39-23-12-9-19(10-13-23)32(38)43-26-14-11-22(33)15-21(26)18-34-36-30(35-25-8-6-5-7-24(25)31(36)37)20-16-27(40-2)29(42-4)28(17-20)41-3/h5-18H,1-4H3. The molecule has 1 heterocycles. The molecule has 0 spiro atoms. The summed E-state index contributed by atoms with van der Waals surface area (Å²) in [6.07, 6.45) is 1.43. The topological polar surface area (TPSA) is 110 Å². The van der Waals surface area contributed by atoms with Crippen LogP contribution in [0, 0.1) is 0 Å². The highest BCUT2D eigenvalue weighted by Gasteiger charge is 2.19. The SMILES string of the molecule is COc1ccc(C(=O)Oc2ccc(Br)cc2C=Nn2c(-c3cc(OC)c(OC)c(OC)c3)nc3ccccc3c2=O)cc1. The van der Waals surface area contributed by atoms with Crippen molar-refractivity contribution >= 4 is 39.0 Å². The van der Waals surface area contributed by atoms with Gasteiger partial charge < -0.3 is 23.7 Å². The van der Waals surface area contributed by atoms with Gasteiger partial charge in [0, 0.05) is 15.6 Å². The minimum atomic E-state index is -0.567. The summed E-state index contributed by atoms with van der Waals surface area (Å²) in [6.45, 7) is 0. The van der Waals surface area contributed by atoms with Gasteiger partial charge in [-0.2, -0.15) is 9.78 Å². The lowest BCUT2D eigenvalue weighted by atomic mass is 10.1. The zero-order valence-corrected chi connectivity index (χ0v) is 25.2. The van der Waals surface area contributed by atoms with Crippen LogP contribution in [-0.2, 0) is 0 Å². The number of carbonyl (C=O) groups is 1. The van der Waals surface area contributed by atoms with Crippen molar-refractivity contribution in [3.05, 3.63) is 105 Å². The van der Waals surface area contributed by atoms with Crippen molar-refractivity contribution in [2.75, 3.05) is 28.4 Å². The molecule has 0 aliphatic heterocycles. The molecule has 1 aromatic heterocycles. The Labute approximate surface area is 255 Å². The third-order valence-corrected chi connectivity index (χ3v) is 6.98. The van der Waals surface area contributed by atoms with Crippen LogP contribution in [0.15, 0.2) is 93.2 Å². The second-order valence-corrected chi connectivity index (χ2v) is 9.94. The molecule has 218 valence electrons. The van der Waals surface area contributed by atoms with Gasteiger partial charge in [0.15, 0.2) is 17.3 Å². The summed E-state index contributed by atoms with van der Waals surface area (Å²) in [7, 11) is 6.06. The van der Waals surface area contributed by atoms with Crippen LogP contribution in [0.5, 0.6) is 28.7 Å². The smallest absolute Gasteiger partial charge is 0.343 e. The Kier molecular flexibility index (Phi) is 8.72. The van der Waals surface area contributed by atoms with Crippen molar-refractivity contribution in [2.45, 2.75) is 0 Å². The Morgan fingerprint density at radius 3 is 2.19 bits per heavy atom. The highest BCUT2D eigenvalue weighted by atomic mass is 79.9. The first-order valence-electron chi connectivity index (χ1n) is 12.9. The van der Waals surface area contributed by atoms with E-state index in [0.717, 1.165) is 0 Å². The highest BCUT2D eigenvalue weighted by Crippen LogP contribution is 2.41. The van der Waals surface area contributed by atoms with Crippen molar-refractivity contribution in [1.29, 1.82) is 0 Å². The molecule has 0 atom stereocenters. The number of rotatable bonds is 9. The molecule has 43 heavy (non-hydrogen) atoms. The van der Waals surface area contributed by atoms with E-state index in [1.807, 2.05) is 0 Å². The molecule has 11 heteroatoms. The van der Waals surface area contributed by atoms with Gasteiger partial charge in [-0.05, 0) is 66.7 Å². The van der Waals surface area contributed by atoms with E-state index in [1.54, 1.807) is 86.0 Å². The number of aromatic nitrogens is 2. The summed E-state index contributed by atoms with van der Waals surface area (Å²) in [5.74, 6) is 1.68. The number of carbonyl (C=O) groups excluding carboxylic acids is 1. The van der Waals surface area contributed by atoms with E-state index < -0.39 is 11.5 Å². The first-order valence-corrected chi connectivity index (χ1v) is 13.7. The zero-order chi connectivity index (χ0) is 30.5. The lowest BCUT2D eigenvalue weighted by Gasteiger charge is -2.15. The van der Waals surface area contributed by atoms with E-state index in [9.17, 15) is 9.59 Å². The van der Waals surface area contributed by atoms with Gasteiger partial charge in [0.2, 0.25) is 5.75 Å². The highest BCUT2D eigenvalue weighted by molar-refractivity contribution is 9.10. The summed E-state index contributed by atoms with van der Waals surface area (Å²) in [4.78, 5) is 31.4. The fourth-order valence-electron chi connectivity index (χ4n) is 4.35. The van der Waals surface area contributed by atoms with E-state index in [-0.39, 0.29) is 11.6 Å². The minimum Gasteiger partial charge on any atom is -0.497 e. The first-order chi connectivity index (χ1) is 20.9. The summed E-state index contributed by atoms with van der Waals surface area (Å²) < 4.78 is 29.3. The maximum Gasteiger partial charge on any atom is 0.343 e. The minimum absolute atomic E-state index is 0.228. The third kappa shape index (κ3) is 6.07. The van der Waals surface area contributed by atoms with Crippen molar-refractivity contribution < 1.29 is 28.5 Å². The molecule has 0 aliphatic carbocycles. The van der Waals surface area contributed by atoms with Crippen LogP contribution in [0.1, 0.15) is 15.9 Å². The summed E-state index contributed by atoms with van der Waals surface area (Å²) in [5.41, 5.74) is 1.35. The van der Waals surface area contributed by atoms with E-state index >= 15 is 0 Å². The molecule has 0 unspecified atom stereocenters. The molecule has 0 N–H and O–H groups in total. The van der Waals surface area contributed by atoms with Gasteiger partial charge >= 0.3 is 5.97 Å². The van der Waals surface area contributed by atoms with E-state index in [0.29, 0.717) is 55.1 Å². The Bertz CT molecular complexity index is 1880. The first kappa shape index (κ1) is 29.3. The van der Waals surface area contributed by atoms with Gasteiger partial charge in [-0.15, -0.1) is 0 Å². The number of hydrogen-bond donors (Lipinski definition) is 0. The number of ether oxygens (including phenoxy) is 5. The number of halogens is 1. The number of fused-ring (bicyclic) bond motifs is 1. The Hall–Kier alpha value is -5.16. The quantitative estimate of drug-likeness (QED) is 0.110. The van der Waals surface area contributed by atoms with Crippen molar-refractivity contribution in [3.63, 3.8) is 0 Å². The van der Waals surface area contributed by atoms with Gasteiger partial charge in [-0.3, -0.25) is 4.79 Å². The maximum atomic E-state index is 13.8. The van der Waals surface area contributed by atoms with Crippen LogP contribution in [0.4, 0.5) is 0 Å². The molecule has 5 rings (SSSR count). The predicted octanol–water partition coefficient (Wildman–Crippen LogP) is 5.96. The molecular weight excluding hydrogens is 618 g/mol. The molecule has 0 saturated heterocycles. The molecule has 0 bridgehead atoms. The molecule has 0 fully saturated rings. The van der Waals surface area contributed by atoms with Gasteiger partial charge in [-0.25, -0.2) is 9.78 Å². The monoisotopic (exact) mass is 643 g/mol. The van der Waals surface area contributed by atoms with Crippen LogP contribution < -0.4 is 29.2 Å². The average Bonchev–Trinajstić information content (AvgIpc) is 3.04. The predicted molar refractivity (Wildman–Crippen MR) is 166 cm³/mol. The maximum absolute atomic E-state index is 13.8. The van der Waals surface area contributed by atoms with Gasteiger partial charge in [-0.1, -0.05) is 28.1 Å². The molecule has 10 nitrogen and oxygen atoms in total. The van der Waals surface area contributed by atoms with Crippen molar-refractivity contribution in [1.82, 2.24) is 9.66 Å². The fourth-order valence-corrected chi connectivity index (χ4v) is 4.73. The summed E-state index contributed by atoms with van der Waals surface area (Å²) in [5, 5.41) is 4.91. The fraction of sp³-hybridized carbons (Fsp3) is 0.125. The molecule has 0 aliphatic rings. The van der Waals surface area contributed by atoms with E-state index in [2.05, 4.69) is 21.0 Å². The number of nitrogens with zero attached hydrogens (tertiary/aromatic N) is 3. The Morgan fingerprint density at radius 1 is 0.837 bits per heavy atom. The summed E-state index contributed by atoms with van der Waals surface area (Å²) in [6, 6.07) is 22.0. The molecular formula is C32H26BrN3O7. The van der Waals surface area contributed by atoms with Crippen LogP contribution in [0.2, 0.25) is 0 Å². The van der Waals surface area contributed by atoms with Crippen molar-refractivity contribution in [3.8, 4) is 40.1 Å². The van der Waals surface area contributed by atoms with Crippen molar-refractivity contribution in [2.24, 2.45) is 5.10 Å². The second-order valence-electron chi connectivity index (χ2n) is 9.03. The van der Waals surface area contributed by atoms with E-state index in [1.165, 1.54) is 32.2 Å². The molecule has 0 saturated carbocycles. The molecule has 0 radical (unpaired) electrons. The zero-order valence-electron chi connectivity index (χ0n) is 23.7. The Balaban J connectivity index is 1.62.